The fourth-order valence-electron chi connectivity index (χ4n) is 4.08. The first-order valence-corrected chi connectivity index (χ1v) is 12.3. The quantitative estimate of drug-likeness (QED) is 0.218. The van der Waals surface area contributed by atoms with Gasteiger partial charge >= 0.3 is 0 Å². The summed E-state index contributed by atoms with van der Waals surface area (Å²) in [4.78, 5) is 25.2. The van der Waals surface area contributed by atoms with E-state index in [0.717, 1.165) is 25.7 Å². The monoisotopic (exact) mass is 524 g/mol. The SMILES string of the molecule is CCCCCn1c2nc(Br)[nH]c2c(=O)n2c(CCc3nc(CCc4ccccc4)no3)nnc12. The van der Waals surface area contributed by atoms with Crippen molar-refractivity contribution in [1.29, 1.82) is 0 Å². The van der Waals surface area contributed by atoms with E-state index in [4.69, 9.17) is 4.52 Å². The Hall–Kier alpha value is -3.34. The highest BCUT2D eigenvalue weighted by molar-refractivity contribution is 9.10. The molecule has 10 nitrogen and oxygen atoms in total. The molecule has 4 aromatic heterocycles. The van der Waals surface area contributed by atoms with Crippen LogP contribution in [0.15, 0.2) is 44.4 Å². The van der Waals surface area contributed by atoms with Crippen molar-refractivity contribution in [1.82, 2.24) is 39.3 Å². The van der Waals surface area contributed by atoms with Crippen LogP contribution in [-0.4, -0.2) is 39.3 Å². The summed E-state index contributed by atoms with van der Waals surface area (Å²) in [5.74, 6) is 2.25. The number of aromatic amines is 1. The van der Waals surface area contributed by atoms with Crippen LogP contribution < -0.4 is 5.56 Å². The fraction of sp³-hybridized carbons (Fsp3) is 0.391. The van der Waals surface area contributed by atoms with Crippen LogP contribution in [0.1, 0.15) is 49.3 Å². The van der Waals surface area contributed by atoms with E-state index in [1.807, 2.05) is 22.8 Å². The van der Waals surface area contributed by atoms with Crippen LogP contribution in [-0.2, 0) is 32.2 Å². The summed E-state index contributed by atoms with van der Waals surface area (Å²) in [6.45, 7) is 2.86. The molecule has 5 aromatic rings. The highest BCUT2D eigenvalue weighted by Crippen LogP contribution is 2.17. The van der Waals surface area contributed by atoms with E-state index in [1.54, 1.807) is 4.40 Å². The van der Waals surface area contributed by atoms with Crippen molar-refractivity contribution in [2.24, 2.45) is 0 Å². The Kier molecular flexibility index (Phi) is 6.52. The smallest absolute Gasteiger partial charge is 0.286 e. The van der Waals surface area contributed by atoms with Gasteiger partial charge in [0.1, 0.15) is 5.82 Å². The maximum Gasteiger partial charge on any atom is 0.286 e. The maximum atomic E-state index is 13.2. The first-order valence-electron chi connectivity index (χ1n) is 11.5. The zero-order valence-electron chi connectivity index (χ0n) is 18.9. The van der Waals surface area contributed by atoms with E-state index in [2.05, 4.69) is 65.3 Å². The number of benzene rings is 1. The second kappa shape index (κ2) is 9.88. The second-order valence-corrected chi connectivity index (χ2v) is 8.98. The number of rotatable bonds is 10. The molecule has 5 rings (SSSR count). The topological polar surface area (TPSA) is 120 Å². The number of imidazole rings is 1. The lowest BCUT2D eigenvalue weighted by atomic mass is 10.1. The molecule has 0 spiro atoms. The van der Waals surface area contributed by atoms with Gasteiger partial charge in [0.2, 0.25) is 11.7 Å². The van der Waals surface area contributed by atoms with Crippen molar-refractivity contribution in [3.05, 3.63) is 68.5 Å². The van der Waals surface area contributed by atoms with Crippen LogP contribution in [0.25, 0.3) is 16.9 Å². The Labute approximate surface area is 203 Å². The van der Waals surface area contributed by atoms with Crippen molar-refractivity contribution in [2.75, 3.05) is 0 Å². The highest BCUT2D eigenvalue weighted by Gasteiger charge is 2.20. The molecule has 11 heteroatoms. The molecule has 1 aromatic carbocycles. The Balaban J connectivity index is 1.36. The number of aryl methyl sites for hydroxylation is 5. The van der Waals surface area contributed by atoms with E-state index >= 15 is 0 Å². The van der Waals surface area contributed by atoms with E-state index in [1.165, 1.54) is 5.56 Å². The van der Waals surface area contributed by atoms with Gasteiger partial charge in [0.05, 0.1) is 0 Å². The molecule has 1 N–H and O–H groups in total. The summed E-state index contributed by atoms with van der Waals surface area (Å²) in [5.41, 5.74) is 2.03. The Morgan fingerprint density at radius 2 is 1.88 bits per heavy atom. The van der Waals surface area contributed by atoms with Gasteiger partial charge in [-0.2, -0.15) is 4.98 Å². The lowest BCUT2D eigenvalue weighted by Crippen LogP contribution is -2.21. The van der Waals surface area contributed by atoms with E-state index in [0.29, 0.717) is 65.0 Å². The molecule has 4 heterocycles. The molecule has 0 saturated heterocycles. The predicted molar refractivity (Wildman–Crippen MR) is 130 cm³/mol. The lowest BCUT2D eigenvalue weighted by molar-refractivity contribution is 0.372. The van der Waals surface area contributed by atoms with Gasteiger partial charge in [0.25, 0.3) is 5.56 Å². The van der Waals surface area contributed by atoms with Gasteiger partial charge in [-0.25, -0.2) is 9.38 Å². The number of hydrogen-bond acceptors (Lipinski definition) is 7. The van der Waals surface area contributed by atoms with E-state index in [9.17, 15) is 4.79 Å². The van der Waals surface area contributed by atoms with Gasteiger partial charge in [-0.15, -0.1) is 10.2 Å². The fourth-order valence-corrected chi connectivity index (χ4v) is 4.44. The normalized spacial score (nSPS) is 11.7. The molecule has 0 saturated carbocycles. The molecule has 0 amide bonds. The summed E-state index contributed by atoms with van der Waals surface area (Å²) in [6.07, 6.45) is 5.62. The largest absolute Gasteiger partial charge is 0.339 e. The minimum atomic E-state index is -0.218. The summed E-state index contributed by atoms with van der Waals surface area (Å²) in [5, 5.41) is 12.8. The number of aromatic nitrogens is 8. The van der Waals surface area contributed by atoms with Crippen LogP contribution in [0, 0.1) is 0 Å². The van der Waals surface area contributed by atoms with Crippen LogP contribution in [0.2, 0.25) is 0 Å². The van der Waals surface area contributed by atoms with Gasteiger partial charge in [-0.1, -0.05) is 55.3 Å². The lowest BCUT2D eigenvalue weighted by Gasteiger charge is -2.09. The van der Waals surface area contributed by atoms with Crippen LogP contribution in [0.3, 0.4) is 0 Å². The number of H-pyrrole nitrogens is 1. The molecule has 0 bridgehead atoms. The average Bonchev–Trinajstić information content (AvgIpc) is 3.58. The van der Waals surface area contributed by atoms with Gasteiger partial charge in [0.15, 0.2) is 21.7 Å². The van der Waals surface area contributed by atoms with Crippen molar-refractivity contribution in [2.45, 2.75) is 58.4 Å². The molecule has 176 valence electrons. The molecular formula is C23H25BrN8O2. The zero-order valence-corrected chi connectivity index (χ0v) is 20.5. The number of nitrogens with zero attached hydrogens (tertiary/aromatic N) is 7. The van der Waals surface area contributed by atoms with Crippen LogP contribution in [0.5, 0.6) is 0 Å². The van der Waals surface area contributed by atoms with Crippen molar-refractivity contribution in [3.63, 3.8) is 0 Å². The average molecular weight is 525 g/mol. The molecule has 0 atom stereocenters. The Morgan fingerprint density at radius 3 is 2.71 bits per heavy atom. The maximum absolute atomic E-state index is 13.2. The van der Waals surface area contributed by atoms with Gasteiger partial charge < -0.3 is 9.51 Å². The third-order valence-electron chi connectivity index (χ3n) is 5.82. The van der Waals surface area contributed by atoms with Crippen molar-refractivity contribution < 1.29 is 4.52 Å². The molecule has 0 aliphatic rings. The van der Waals surface area contributed by atoms with Gasteiger partial charge in [-0.3, -0.25) is 9.36 Å². The van der Waals surface area contributed by atoms with Crippen LogP contribution >= 0.6 is 15.9 Å². The minimum Gasteiger partial charge on any atom is -0.339 e. The summed E-state index contributed by atoms with van der Waals surface area (Å²) < 4.78 is 9.46. The van der Waals surface area contributed by atoms with Crippen molar-refractivity contribution >= 4 is 32.9 Å². The molecule has 0 fully saturated rings. The second-order valence-electron chi connectivity index (χ2n) is 8.23. The molecular weight excluding hydrogens is 500 g/mol. The molecule has 34 heavy (non-hydrogen) atoms. The molecule has 0 aliphatic carbocycles. The van der Waals surface area contributed by atoms with Crippen molar-refractivity contribution in [3.8, 4) is 0 Å². The molecule has 0 radical (unpaired) electrons. The zero-order chi connectivity index (χ0) is 23.5. The molecule has 0 aliphatic heterocycles. The third-order valence-corrected chi connectivity index (χ3v) is 6.20. The first-order chi connectivity index (χ1) is 16.6. The molecule has 0 unspecified atom stereocenters. The minimum absolute atomic E-state index is 0.218. The standard InChI is InChI=1S/C23H25BrN8O2/c1-2-3-7-14-31-20-19(26-22(24)27-20)21(33)32-17(28-29-23(31)32)12-13-18-25-16(30-34-18)11-10-15-8-5-4-6-9-15/h4-6,8-9H,2-3,7,10-14H2,1H3,(H,26,27). The Morgan fingerprint density at radius 1 is 1.03 bits per heavy atom. The Bertz CT molecular complexity index is 1470. The number of nitrogens with one attached hydrogen (secondary N) is 1. The number of hydrogen-bond donors (Lipinski definition) is 1. The first kappa shape index (κ1) is 22.5. The van der Waals surface area contributed by atoms with E-state index in [-0.39, 0.29) is 5.56 Å². The van der Waals surface area contributed by atoms with Gasteiger partial charge in [0, 0.05) is 25.8 Å². The predicted octanol–water partition coefficient (Wildman–Crippen LogP) is 3.67. The number of unbranched alkanes of at least 4 members (excludes halogenated alkanes) is 2. The van der Waals surface area contributed by atoms with Crippen LogP contribution in [0.4, 0.5) is 0 Å². The van der Waals surface area contributed by atoms with E-state index < -0.39 is 0 Å². The number of halogens is 1. The third kappa shape index (κ3) is 4.52. The number of fused-ring (bicyclic) bond motifs is 2. The van der Waals surface area contributed by atoms with Gasteiger partial charge in [-0.05, 0) is 34.3 Å². The highest BCUT2D eigenvalue weighted by atomic mass is 79.9. The summed E-state index contributed by atoms with van der Waals surface area (Å²) in [6, 6.07) is 10.2. The summed E-state index contributed by atoms with van der Waals surface area (Å²) >= 11 is 3.35. The summed E-state index contributed by atoms with van der Waals surface area (Å²) in [7, 11) is 0.